The average molecular weight is 252 g/mol. The topological polar surface area (TPSA) is 12.9 Å². The number of aromatic nitrogens is 1. The van der Waals surface area contributed by atoms with Crippen LogP contribution in [0.25, 0.3) is 10.9 Å². The fraction of sp³-hybridized carbons (Fsp3) is 0.308. The van der Waals surface area contributed by atoms with Crippen molar-refractivity contribution >= 4 is 34.1 Å². The zero-order chi connectivity index (χ0) is 11.1. The zero-order valence-corrected chi connectivity index (χ0v) is 10.2. The maximum absolute atomic E-state index is 6.33. The van der Waals surface area contributed by atoms with Gasteiger partial charge in [0.2, 0.25) is 0 Å². The molecule has 3 rings (SSSR count). The largest absolute Gasteiger partial charge is 0.252 e. The van der Waals surface area contributed by atoms with Crippen LogP contribution in [0.3, 0.4) is 0 Å². The number of halogens is 2. The molecule has 1 aromatic heterocycles. The lowest BCUT2D eigenvalue weighted by molar-refractivity contribution is 0.663. The molecule has 1 nitrogen and oxygen atoms in total. The van der Waals surface area contributed by atoms with Gasteiger partial charge in [-0.25, -0.2) is 0 Å². The van der Waals surface area contributed by atoms with Crippen molar-refractivity contribution in [1.29, 1.82) is 0 Å². The van der Waals surface area contributed by atoms with Gasteiger partial charge >= 0.3 is 0 Å². The fourth-order valence-electron chi connectivity index (χ4n) is 2.23. The second-order valence-electron chi connectivity index (χ2n) is 4.17. The van der Waals surface area contributed by atoms with E-state index in [1.165, 1.54) is 0 Å². The van der Waals surface area contributed by atoms with Crippen molar-refractivity contribution in [3.8, 4) is 0 Å². The number of alkyl halides is 2. The predicted molar refractivity (Wildman–Crippen MR) is 68.3 cm³/mol. The molecule has 82 valence electrons. The number of pyridine rings is 1. The van der Waals surface area contributed by atoms with E-state index in [-0.39, 0.29) is 10.8 Å². The Morgan fingerprint density at radius 3 is 2.88 bits per heavy atom. The summed E-state index contributed by atoms with van der Waals surface area (Å²) in [5.74, 6) is 0. The van der Waals surface area contributed by atoms with Crippen molar-refractivity contribution in [1.82, 2.24) is 4.98 Å². The Hall–Kier alpha value is -0.790. The van der Waals surface area contributed by atoms with Gasteiger partial charge in [-0.1, -0.05) is 18.2 Å². The number of rotatable bonds is 0. The van der Waals surface area contributed by atoms with Gasteiger partial charge in [0.1, 0.15) is 0 Å². The molecule has 0 saturated carbocycles. The quantitative estimate of drug-likeness (QED) is 0.644. The summed E-state index contributed by atoms with van der Waals surface area (Å²) >= 11 is 12.5. The molecular formula is C13H11Cl2N. The molecule has 0 spiro atoms. The maximum atomic E-state index is 6.33. The number of hydrogen-bond donors (Lipinski definition) is 0. The van der Waals surface area contributed by atoms with E-state index in [4.69, 9.17) is 23.2 Å². The predicted octanol–water partition coefficient (Wildman–Crippen LogP) is 4.07. The summed E-state index contributed by atoms with van der Waals surface area (Å²) in [6, 6.07) is 10.2. The lowest BCUT2D eigenvalue weighted by atomic mass is 9.94. The van der Waals surface area contributed by atoms with Crippen molar-refractivity contribution < 1.29 is 0 Å². The Labute approximate surface area is 104 Å². The summed E-state index contributed by atoms with van der Waals surface area (Å²) in [6.45, 7) is 0. The van der Waals surface area contributed by atoms with E-state index in [1.807, 2.05) is 18.2 Å². The highest BCUT2D eigenvalue weighted by Crippen LogP contribution is 2.38. The van der Waals surface area contributed by atoms with Gasteiger partial charge in [0.15, 0.2) is 0 Å². The van der Waals surface area contributed by atoms with Crippen LogP contribution >= 0.6 is 23.2 Å². The van der Waals surface area contributed by atoms with Crippen LogP contribution in [0.2, 0.25) is 0 Å². The van der Waals surface area contributed by atoms with E-state index in [2.05, 4.69) is 17.1 Å². The Balaban J connectivity index is 2.23. The average Bonchev–Trinajstić information content (AvgIpc) is 2.32. The molecule has 0 fully saturated rings. The Kier molecular flexibility index (Phi) is 2.53. The van der Waals surface area contributed by atoms with Crippen LogP contribution in [0.4, 0.5) is 0 Å². The van der Waals surface area contributed by atoms with Gasteiger partial charge in [0, 0.05) is 11.1 Å². The number of aryl methyl sites for hydroxylation is 1. The molecule has 1 aromatic carbocycles. The van der Waals surface area contributed by atoms with Gasteiger partial charge in [0.05, 0.1) is 16.3 Å². The van der Waals surface area contributed by atoms with Gasteiger partial charge in [0.25, 0.3) is 0 Å². The fourth-order valence-corrected chi connectivity index (χ4v) is 2.79. The lowest BCUT2D eigenvalue weighted by Crippen LogP contribution is -2.18. The number of benzene rings is 1. The van der Waals surface area contributed by atoms with Crippen LogP contribution in [-0.4, -0.2) is 10.4 Å². The van der Waals surface area contributed by atoms with Crippen molar-refractivity contribution in [2.24, 2.45) is 0 Å². The molecule has 1 aliphatic carbocycles. The second kappa shape index (κ2) is 3.90. The molecule has 1 aliphatic rings. The first kappa shape index (κ1) is 10.4. The number of para-hydroxylation sites is 1. The Morgan fingerprint density at radius 1 is 1.19 bits per heavy atom. The minimum Gasteiger partial charge on any atom is -0.252 e. The summed E-state index contributed by atoms with van der Waals surface area (Å²) < 4.78 is 0. The third-order valence-electron chi connectivity index (χ3n) is 3.11. The number of hydrogen-bond acceptors (Lipinski definition) is 1. The lowest BCUT2D eigenvalue weighted by Gasteiger charge is -2.24. The summed E-state index contributed by atoms with van der Waals surface area (Å²) in [5, 5.41) is 1.05. The Morgan fingerprint density at radius 2 is 2.00 bits per heavy atom. The molecular weight excluding hydrogens is 241 g/mol. The third kappa shape index (κ3) is 1.59. The van der Waals surface area contributed by atoms with E-state index in [0.29, 0.717) is 0 Å². The number of nitrogens with zero attached hydrogens (tertiary/aromatic N) is 1. The Bertz CT molecular complexity index is 538. The maximum Gasteiger partial charge on any atom is 0.0766 e. The van der Waals surface area contributed by atoms with Gasteiger partial charge in [-0.05, 0) is 30.5 Å². The molecule has 2 atom stereocenters. The first-order chi connectivity index (χ1) is 7.75. The number of fused-ring (bicyclic) bond motifs is 2. The minimum atomic E-state index is -0.109. The molecule has 0 saturated heterocycles. The molecule has 0 aliphatic heterocycles. The molecule has 1 heterocycles. The summed E-state index contributed by atoms with van der Waals surface area (Å²) in [6.07, 6.45) is 1.84. The van der Waals surface area contributed by atoms with E-state index < -0.39 is 0 Å². The highest BCUT2D eigenvalue weighted by molar-refractivity contribution is 6.30. The van der Waals surface area contributed by atoms with Crippen LogP contribution in [0.5, 0.6) is 0 Å². The van der Waals surface area contributed by atoms with Crippen molar-refractivity contribution in [2.75, 3.05) is 0 Å². The van der Waals surface area contributed by atoms with Crippen LogP contribution in [0.1, 0.15) is 23.1 Å². The van der Waals surface area contributed by atoms with Crippen LogP contribution in [0, 0.1) is 0 Å². The zero-order valence-electron chi connectivity index (χ0n) is 8.66. The summed E-state index contributed by atoms with van der Waals surface area (Å²) in [7, 11) is 0. The molecule has 2 unspecified atom stereocenters. The van der Waals surface area contributed by atoms with Gasteiger partial charge < -0.3 is 0 Å². The molecule has 16 heavy (non-hydrogen) atoms. The molecule has 0 radical (unpaired) electrons. The van der Waals surface area contributed by atoms with Crippen LogP contribution in [-0.2, 0) is 6.42 Å². The normalized spacial score (nSPS) is 24.4. The van der Waals surface area contributed by atoms with Crippen molar-refractivity contribution in [2.45, 2.75) is 23.6 Å². The first-order valence-corrected chi connectivity index (χ1v) is 6.30. The monoisotopic (exact) mass is 251 g/mol. The molecule has 0 bridgehead atoms. The molecule has 2 aromatic rings. The summed E-state index contributed by atoms with van der Waals surface area (Å²) in [5.41, 5.74) is 3.25. The highest BCUT2D eigenvalue weighted by Gasteiger charge is 2.27. The smallest absolute Gasteiger partial charge is 0.0766 e. The van der Waals surface area contributed by atoms with Crippen molar-refractivity contribution in [3.63, 3.8) is 0 Å². The van der Waals surface area contributed by atoms with E-state index in [9.17, 15) is 0 Å². The SMILES string of the molecule is ClC1CCc2nc3ccccc3cc2C1Cl. The van der Waals surface area contributed by atoms with Gasteiger partial charge in [-0.2, -0.15) is 0 Å². The molecule has 0 N–H and O–H groups in total. The second-order valence-corrected chi connectivity index (χ2v) is 5.20. The van der Waals surface area contributed by atoms with Gasteiger partial charge in [-0.3, -0.25) is 4.98 Å². The van der Waals surface area contributed by atoms with Crippen LogP contribution < -0.4 is 0 Å². The van der Waals surface area contributed by atoms with Crippen LogP contribution in [0.15, 0.2) is 30.3 Å². The standard InChI is InChI=1S/C13H11Cl2N/c14-10-5-6-12-9(13(10)15)7-8-3-1-2-4-11(8)16-12/h1-4,7,10,13H,5-6H2. The van der Waals surface area contributed by atoms with Gasteiger partial charge in [-0.15, -0.1) is 23.2 Å². The molecule has 0 amide bonds. The van der Waals surface area contributed by atoms with Crippen molar-refractivity contribution in [3.05, 3.63) is 41.6 Å². The van der Waals surface area contributed by atoms with E-state index in [1.54, 1.807) is 0 Å². The molecule has 3 heteroatoms. The van der Waals surface area contributed by atoms with E-state index in [0.717, 1.165) is 35.0 Å². The minimum absolute atomic E-state index is 0.0251. The highest BCUT2D eigenvalue weighted by atomic mass is 35.5. The summed E-state index contributed by atoms with van der Waals surface area (Å²) in [4.78, 5) is 4.66. The third-order valence-corrected chi connectivity index (χ3v) is 4.25. The first-order valence-electron chi connectivity index (χ1n) is 5.42. The van der Waals surface area contributed by atoms with E-state index >= 15 is 0 Å².